The van der Waals surface area contributed by atoms with Crippen LogP contribution in [0.25, 0.3) is 0 Å². The second-order valence-corrected chi connectivity index (χ2v) is 6.41. The van der Waals surface area contributed by atoms with E-state index in [2.05, 4.69) is 19.2 Å². The number of nitrogens with one attached hydrogen (secondary N) is 1. The highest BCUT2D eigenvalue weighted by molar-refractivity contribution is 5.53. The molecule has 3 N–H and O–H groups in total. The maximum Gasteiger partial charge on any atom is 0.416 e. The summed E-state index contributed by atoms with van der Waals surface area (Å²) in [6.07, 6.45) is -1.37. The summed E-state index contributed by atoms with van der Waals surface area (Å²) in [6.45, 7) is 7.95. The molecule has 0 saturated heterocycles. The van der Waals surface area contributed by atoms with Crippen molar-refractivity contribution in [2.75, 3.05) is 5.32 Å². The van der Waals surface area contributed by atoms with E-state index in [-0.39, 0.29) is 12.1 Å². The molecule has 1 aromatic rings. The molecule has 0 aromatic heterocycles. The van der Waals surface area contributed by atoms with Crippen LogP contribution in [0.5, 0.6) is 0 Å². The Hall–Kier alpha value is -1.23. The number of anilines is 1. The summed E-state index contributed by atoms with van der Waals surface area (Å²) in [4.78, 5) is 0. The molecular weight excluding hydrogens is 289 g/mol. The highest BCUT2D eigenvalue weighted by Crippen LogP contribution is 2.31. The van der Waals surface area contributed by atoms with Crippen molar-refractivity contribution in [3.8, 4) is 0 Å². The molecule has 0 fully saturated rings. The zero-order valence-electron chi connectivity index (χ0n) is 13.8. The fourth-order valence-corrected chi connectivity index (χ4v) is 2.33. The van der Waals surface area contributed by atoms with Crippen molar-refractivity contribution in [3.63, 3.8) is 0 Å². The van der Waals surface area contributed by atoms with Gasteiger partial charge in [-0.15, -0.1) is 0 Å². The molecule has 0 saturated carbocycles. The lowest BCUT2D eigenvalue weighted by Crippen LogP contribution is -2.26. The first-order valence-electron chi connectivity index (χ1n) is 7.81. The van der Waals surface area contributed by atoms with Crippen molar-refractivity contribution in [2.45, 2.75) is 65.2 Å². The normalized spacial score (nSPS) is 15.0. The van der Waals surface area contributed by atoms with Gasteiger partial charge >= 0.3 is 6.18 Å². The van der Waals surface area contributed by atoms with Crippen LogP contribution >= 0.6 is 0 Å². The van der Waals surface area contributed by atoms with Gasteiger partial charge in [-0.2, -0.15) is 13.2 Å². The van der Waals surface area contributed by atoms with Gasteiger partial charge in [-0.25, -0.2) is 0 Å². The van der Waals surface area contributed by atoms with Crippen LogP contribution in [0, 0.1) is 12.8 Å². The van der Waals surface area contributed by atoms with E-state index >= 15 is 0 Å². The maximum absolute atomic E-state index is 12.6. The molecule has 0 aliphatic rings. The van der Waals surface area contributed by atoms with Crippen LogP contribution < -0.4 is 11.1 Å². The third-order valence-corrected chi connectivity index (χ3v) is 3.99. The lowest BCUT2D eigenvalue weighted by Gasteiger charge is -2.20. The van der Waals surface area contributed by atoms with Crippen molar-refractivity contribution < 1.29 is 13.2 Å². The Labute approximate surface area is 131 Å². The van der Waals surface area contributed by atoms with Crippen LogP contribution in [-0.4, -0.2) is 12.1 Å². The first kappa shape index (κ1) is 18.8. The molecule has 0 spiro atoms. The number of nitrogens with two attached hydrogens (primary N) is 1. The number of rotatable bonds is 7. The summed E-state index contributed by atoms with van der Waals surface area (Å²) in [5.74, 6) is 0.473. The SMILES string of the molecule is Cc1cc(C(F)(F)F)ccc1NC(C)CCCC(N)C(C)C. The molecule has 2 atom stereocenters. The van der Waals surface area contributed by atoms with Gasteiger partial charge in [0, 0.05) is 17.8 Å². The first-order chi connectivity index (χ1) is 10.1. The molecule has 5 heteroatoms. The molecule has 1 rings (SSSR count). The van der Waals surface area contributed by atoms with Gasteiger partial charge in [0.15, 0.2) is 0 Å². The lowest BCUT2D eigenvalue weighted by molar-refractivity contribution is -0.137. The van der Waals surface area contributed by atoms with Crippen LogP contribution in [-0.2, 0) is 6.18 Å². The fraction of sp³-hybridized carbons (Fsp3) is 0.647. The Morgan fingerprint density at radius 3 is 2.27 bits per heavy atom. The minimum Gasteiger partial charge on any atom is -0.382 e. The molecule has 0 heterocycles. The van der Waals surface area contributed by atoms with Gasteiger partial charge in [0.05, 0.1) is 5.56 Å². The number of aryl methyl sites for hydroxylation is 1. The summed E-state index contributed by atoms with van der Waals surface area (Å²) in [6, 6.07) is 4.23. The Morgan fingerprint density at radius 2 is 1.77 bits per heavy atom. The molecule has 0 aliphatic heterocycles. The van der Waals surface area contributed by atoms with Gasteiger partial charge in [0.25, 0.3) is 0 Å². The average Bonchev–Trinajstić information content (AvgIpc) is 2.39. The smallest absolute Gasteiger partial charge is 0.382 e. The van der Waals surface area contributed by atoms with E-state index in [1.54, 1.807) is 6.92 Å². The quantitative estimate of drug-likeness (QED) is 0.745. The number of hydrogen-bond acceptors (Lipinski definition) is 2. The standard InChI is InChI=1S/C17H27F3N2/c1-11(2)15(21)7-5-6-13(4)22-16-9-8-14(10-12(16)3)17(18,19)20/h8-11,13,15,22H,5-7,21H2,1-4H3. The van der Waals surface area contributed by atoms with E-state index in [0.29, 0.717) is 11.5 Å². The molecule has 0 radical (unpaired) electrons. The highest BCUT2D eigenvalue weighted by Gasteiger charge is 2.30. The predicted octanol–water partition coefficient (Wildman–Crippen LogP) is 4.97. The Morgan fingerprint density at radius 1 is 1.14 bits per heavy atom. The van der Waals surface area contributed by atoms with Gasteiger partial charge in [-0.1, -0.05) is 13.8 Å². The Balaban J connectivity index is 2.53. The van der Waals surface area contributed by atoms with Crippen molar-refractivity contribution in [2.24, 2.45) is 11.7 Å². The maximum atomic E-state index is 12.6. The third-order valence-electron chi connectivity index (χ3n) is 3.99. The van der Waals surface area contributed by atoms with Crippen molar-refractivity contribution in [1.82, 2.24) is 0 Å². The van der Waals surface area contributed by atoms with Gasteiger partial charge in [-0.05, 0) is 62.8 Å². The number of hydrogen-bond donors (Lipinski definition) is 2. The van der Waals surface area contributed by atoms with Gasteiger partial charge in [0.2, 0.25) is 0 Å². The van der Waals surface area contributed by atoms with E-state index < -0.39 is 11.7 Å². The zero-order valence-corrected chi connectivity index (χ0v) is 13.8. The minimum absolute atomic E-state index is 0.204. The molecule has 22 heavy (non-hydrogen) atoms. The second-order valence-electron chi connectivity index (χ2n) is 6.41. The minimum atomic E-state index is -4.29. The molecular formula is C17H27F3N2. The lowest BCUT2D eigenvalue weighted by atomic mass is 9.98. The van der Waals surface area contributed by atoms with Gasteiger partial charge < -0.3 is 11.1 Å². The molecule has 126 valence electrons. The van der Waals surface area contributed by atoms with Crippen LogP contribution in [0.15, 0.2) is 18.2 Å². The van der Waals surface area contributed by atoms with E-state index in [1.165, 1.54) is 12.1 Å². The van der Waals surface area contributed by atoms with E-state index in [0.717, 1.165) is 31.0 Å². The van der Waals surface area contributed by atoms with E-state index in [4.69, 9.17) is 5.73 Å². The van der Waals surface area contributed by atoms with Crippen molar-refractivity contribution in [3.05, 3.63) is 29.3 Å². The first-order valence-corrected chi connectivity index (χ1v) is 7.81. The van der Waals surface area contributed by atoms with Gasteiger partial charge in [-0.3, -0.25) is 0 Å². The second kappa shape index (κ2) is 7.86. The summed E-state index contributed by atoms with van der Waals surface area (Å²) >= 11 is 0. The largest absolute Gasteiger partial charge is 0.416 e. The number of benzene rings is 1. The average molecular weight is 316 g/mol. The van der Waals surface area contributed by atoms with E-state index in [1.807, 2.05) is 6.92 Å². The molecule has 2 unspecified atom stereocenters. The van der Waals surface area contributed by atoms with Crippen LogP contribution in [0.2, 0.25) is 0 Å². The predicted molar refractivity (Wildman–Crippen MR) is 85.9 cm³/mol. The third kappa shape index (κ3) is 5.87. The molecule has 0 aliphatic carbocycles. The molecule has 0 amide bonds. The number of alkyl halides is 3. The van der Waals surface area contributed by atoms with Gasteiger partial charge in [0.1, 0.15) is 0 Å². The van der Waals surface area contributed by atoms with E-state index in [9.17, 15) is 13.2 Å². The van der Waals surface area contributed by atoms with Crippen molar-refractivity contribution in [1.29, 1.82) is 0 Å². The summed E-state index contributed by atoms with van der Waals surface area (Å²) in [5, 5.41) is 3.28. The Kier molecular flexibility index (Phi) is 6.72. The topological polar surface area (TPSA) is 38.0 Å². The van der Waals surface area contributed by atoms with Crippen molar-refractivity contribution >= 4 is 5.69 Å². The monoisotopic (exact) mass is 316 g/mol. The molecule has 2 nitrogen and oxygen atoms in total. The Bertz CT molecular complexity index is 469. The summed E-state index contributed by atoms with van der Waals surface area (Å²) in [5.41, 5.74) is 6.77. The molecule has 0 bridgehead atoms. The fourth-order valence-electron chi connectivity index (χ4n) is 2.33. The highest BCUT2D eigenvalue weighted by atomic mass is 19.4. The zero-order chi connectivity index (χ0) is 16.9. The summed E-state index contributed by atoms with van der Waals surface area (Å²) in [7, 11) is 0. The van der Waals surface area contributed by atoms with Crippen LogP contribution in [0.3, 0.4) is 0 Å². The molecule has 1 aromatic carbocycles. The van der Waals surface area contributed by atoms with Crippen LogP contribution in [0.1, 0.15) is 51.2 Å². The summed E-state index contributed by atoms with van der Waals surface area (Å²) < 4.78 is 37.9. The van der Waals surface area contributed by atoms with Crippen LogP contribution in [0.4, 0.5) is 18.9 Å². The number of halogens is 3.